The van der Waals surface area contributed by atoms with Gasteiger partial charge in [0.1, 0.15) is 0 Å². The Bertz CT molecular complexity index is 347. The smallest absolute Gasteiger partial charge is 0.221 e. The second kappa shape index (κ2) is 4.77. The van der Waals surface area contributed by atoms with Crippen molar-refractivity contribution in [3.63, 3.8) is 0 Å². The van der Waals surface area contributed by atoms with E-state index in [1.54, 1.807) is 0 Å². The zero-order valence-electron chi connectivity index (χ0n) is 8.60. The number of hydrogen-bond donors (Lipinski definition) is 1. The molecule has 76 valence electrons. The summed E-state index contributed by atoms with van der Waals surface area (Å²) in [4.78, 5) is 10.9. The first-order chi connectivity index (χ1) is 6.50. The predicted octanol–water partition coefficient (Wildman–Crippen LogP) is 3.37. The average molecular weight is 303 g/mol. The van der Waals surface area contributed by atoms with Crippen LogP contribution in [-0.4, -0.2) is 5.91 Å². The van der Waals surface area contributed by atoms with Gasteiger partial charge in [0, 0.05) is 10.5 Å². The lowest BCUT2D eigenvalue weighted by Crippen LogP contribution is -2.07. The quantitative estimate of drug-likeness (QED) is 0.834. The van der Waals surface area contributed by atoms with E-state index in [-0.39, 0.29) is 5.91 Å². The lowest BCUT2D eigenvalue weighted by molar-refractivity contribution is -0.114. The molecule has 0 spiro atoms. The van der Waals surface area contributed by atoms with Crippen LogP contribution in [0, 0.1) is 3.57 Å². The molecule has 2 nitrogen and oxygen atoms in total. The summed E-state index contributed by atoms with van der Waals surface area (Å²) in [6, 6.07) is 6.12. The molecule has 0 aliphatic rings. The highest BCUT2D eigenvalue weighted by Crippen LogP contribution is 2.23. The standard InChI is InChI=1S/C11H14INO/c1-7(2)9-4-5-11(10(12)6-9)13-8(3)14/h4-7H,1-3H3,(H,13,14). The summed E-state index contributed by atoms with van der Waals surface area (Å²) in [6.07, 6.45) is 0. The zero-order chi connectivity index (χ0) is 10.7. The van der Waals surface area contributed by atoms with E-state index in [0.717, 1.165) is 9.26 Å². The molecule has 1 amide bonds. The molecule has 0 heterocycles. The normalized spacial score (nSPS) is 10.4. The van der Waals surface area contributed by atoms with Crippen molar-refractivity contribution in [2.45, 2.75) is 26.7 Å². The SMILES string of the molecule is CC(=O)Nc1ccc(C(C)C)cc1I. The molecule has 0 saturated heterocycles. The fourth-order valence-electron chi connectivity index (χ4n) is 1.18. The lowest BCUT2D eigenvalue weighted by Gasteiger charge is -2.09. The molecule has 14 heavy (non-hydrogen) atoms. The van der Waals surface area contributed by atoms with Gasteiger partial charge in [0.25, 0.3) is 0 Å². The maximum atomic E-state index is 10.9. The second-order valence-electron chi connectivity index (χ2n) is 3.58. The van der Waals surface area contributed by atoms with Gasteiger partial charge in [-0.15, -0.1) is 0 Å². The summed E-state index contributed by atoms with van der Waals surface area (Å²) in [5.41, 5.74) is 2.19. The molecule has 0 aromatic heterocycles. The molecule has 0 fully saturated rings. The highest BCUT2D eigenvalue weighted by atomic mass is 127. The molecular weight excluding hydrogens is 289 g/mol. The monoisotopic (exact) mass is 303 g/mol. The van der Waals surface area contributed by atoms with Crippen molar-refractivity contribution in [2.24, 2.45) is 0 Å². The van der Waals surface area contributed by atoms with Crippen molar-refractivity contribution >= 4 is 34.2 Å². The first kappa shape index (κ1) is 11.5. The third-order valence-electron chi connectivity index (χ3n) is 1.97. The lowest BCUT2D eigenvalue weighted by atomic mass is 10.0. The molecule has 0 bridgehead atoms. The van der Waals surface area contributed by atoms with E-state index < -0.39 is 0 Å². The van der Waals surface area contributed by atoms with Gasteiger partial charge in [0.05, 0.1) is 5.69 Å². The second-order valence-corrected chi connectivity index (χ2v) is 4.74. The molecule has 1 N–H and O–H groups in total. The Balaban J connectivity index is 2.95. The Kier molecular flexibility index (Phi) is 3.92. The van der Waals surface area contributed by atoms with Crippen molar-refractivity contribution < 1.29 is 4.79 Å². The Morgan fingerprint density at radius 2 is 2.07 bits per heavy atom. The molecular formula is C11H14INO. The van der Waals surface area contributed by atoms with Crippen LogP contribution in [0.4, 0.5) is 5.69 Å². The Hall–Kier alpha value is -0.580. The van der Waals surface area contributed by atoms with Crippen LogP contribution in [0.3, 0.4) is 0 Å². The van der Waals surface area contributed by atoms with E-state index in [4.69, 9.17) is 0 Å². The van der Waals surface area contributed by atoms with Crippen molar-refractivity contribution in [1.82, 2.24) is 0 Å². The van der Waals surface area contributed by atoms with Gasteiger partial charge < -0.3 is 5.32 Å². The van der Waals surface area contributed by atoms with Crippen LogP contribution in [0.15, 0.2) is 18.2 Å². The predicted molar refractivity (Wildman–Crippen MR) is 67.6 cm³/mol. The summed E-state index contributed by atoms with van der Waals surface area (Å²) >= 11 is 2.24. The number of rotatable bonds is 2. The van der Waals surface area contributed by atoms with Crippen molar-refractivity contribution in [3.05, 3.63) is 27.3 Å². The third kappa shape index (κ3) is 2.97. The summed E-state index contributed by atoms with van der Waals surface area (Å²) in [5, 5.41) is 2.79. The van der Waals surface area contributed by atoms with E-state index in [2.05, 4.69) is 53.9 Å². The fraction of sp³-hybridized carbons (Fsp3) is 0.364. The number of halogens is 1. The van der Waals surface area contributed by atoms with Gasteiger partial charge in [-0.2, -0.15) is 0 Å². The van der Waals surface area contributed by atoms with Crippen LogP contribution in [0.2, 0.25) is 0 Å². The molecule has 1 aromatic rings. The molecule has 1 aromatic carbocycles. The van der Waals surface area contributed by atoms with Crippen LogP contribution in [0.1, 0.15) is 32.3 Å². The zero-order valence-corrected chi connectivity index (χ0v) is 10.8. The Labute approximate surface area is 98.2 Å². The summed E-state index contributed by atoms with van der Waals surface area (Å²) < 4.78 is 1.09. The number of amides is 1. The summed E-state index contributed by atoms with van der Waals surface area (Å²) in [7, 11) is 0. The van der Waals surface area contributed by atoms with Gasteiger partial charge in [-0.1, -0.05) is 19.9 Å². The van der Waals surface area contributed by atoms with Gasteiger partial charge in [-0.25, -0.2) is 0 Å². The van der Waals surface area contributed by atoms with Crippen molar-refractivity contribution in [3.8, 4) is 0 Å². The number of anilines is 1. The molecule has 0 unspecified atom stereocenters. The number of carbonyl (C=O) groups is 1. The van der Waals surface area contributed by atoms with E-state index in [1.165, 1.54) is 12.5 Å². The van der Waals surface area contributed by atoms with Crippen LogP contribution >= 0.6 is 22.6 Å². The van der Waals surface area contributed by atoms with E-state index in [0.29, 0.717) is 5.92 Å². The van der Waals surface area contributed by atoms with Crippen LogP contribution in [0.25, 0.3) is 0 Å². The highest BCUT2D eigenvalue weighted by molar-refractivity contribution is 14.1. The first-order valence-corrected chi connectivity index (χ1v) is 5.65. The molecule has 0 radical (unpaired) electrons. The topological polar surface area (TPSA) is 29.1 Å². The number of carbonyl (C=O) groups excluding carboxylic acids is 1. The number of benzene rings is 1. The van der Waals surface area contributed by atoms with Crippen molar-refractivity contribution in [1.29, 1.82) is 0 Å². The van der Waals surface area contributed by atoms with Crippen molar-refractivity contribution in [2.75, 3.05) is 5.32 Å². The van der Waals surface area contributed by atoms with Gasteiger partial charge in [-0.05, 0) is 46.2 Å². The summed E-state index contributed by atoms with van der Waals surface area (Å²) in [5.74, 6) is 0.495. The summed E-state index contributed by atoms with van der Waals surface area (Å²) in [6.45, 7) is 5.83. The van der Waals surface area contributed by atoms with E-state index in [9.17, 15) is 4.79 Å². The maximum absolute atomic E-state index is 10.9. The maximum Gasteiger partial charge on any atom is 0.221 e. The molecule has 3 heteroatoms. The van der Waals surface area contributed by atoms with Crippen LogP contribution < -0.4 is 5.32 Å². The molecule has 0 saturated carbocycles. The van der Waals surface area contributed by atoms with Gasteiger partial charge in [0.2, 0.25) is 5.91 Å². The van der Waals surface area contributed by atoms with E-state index >= 15 is 0 Å². The molecule has 0 aliphatic heterocycles. The Morgan fingerprint density at radius 3 is 2.50 bits per heavy atom. The molecule has 0 atom stereocenters. The number of hydrogen-bond acceptors (Lipinski definition) is 1. The van der Waals surface area contributed by atoms with Crippen LogP contribution in [-0.2, 0) is 4.79 Å². The largest absolute Gasteiger partial charge is 0.325 e. The Morgan fingerprint density at radius 1 is 1.43 bits per heavy atom. The van der Waals surface area contributed by atoms with Crippen LogP contribution in [0.5, 0.6) is 0 Å². The third-order valence-corrected chi connectivity index (χ3v) is 2.86. The number of nitrogens with one attached hydrogen (secondary N) is 1. The van der Waals surface area contributed by atoms with E-state index in [1.807, 2.05) is 6.07 Å². The van der Waals surface area contributed by atoms with Gasteiger partial charge >= 0.3 is 0 Å². The minimum Gasteiger partial charge on any atom is -0.325 e. The first-order valence-electron chi connectivity index (χ1n) is 4.57. The van der Waals surface area contributed by atoms with Gasteiger partial charge in [0.15, 0.2) is 0 Å². The average Bonchev–Trinajstić information content (AvgIpc) is 2.07. The highest BCUT2D eigenvalue weighted by Gasteiger charge is 2.04. The molecule has 0 aliphatic carbocycles. The minimum absolute atomic E-state index is 0.0276. The van der Waals surface area contributed by atoms with Gasteiger partial charge in [-0.3, -0.25) is 4.79 Å². The minimum atomic E-state index is -0.0276. The molecule has 1 rings (SSSR count). The fourth-order valence-corrected chi connectivity index (χ4v) is 1.86.